The summed E-state index contributed by atoms with van der Waals surface area (Å²) < 4.78 is 3.35. The van der Waals surface area contributed by atoms with Crippen LogP contribution < -0.4 is 0 Å². The highest BCUT2D eigenvalue weighted by molar-refractivity contribution is 9.10. The zero-order chi connectivity index (χ0) is 20.6. The van der Waals surface area contributed by atoms with Gasteiger partial charge in [-0.3, -0.25) is 4.98 Å². The fourth-order valence-corrected chi connectivity index (χ4v) is 6.02. The predicted octanol–water partition coefficient (Wildman–Crippen LogP) is 4.88. The van der Waals surface area contributed by atoms with Crippen LogP contribution in [-0.2, 0) is 12.0 Å². The highest BCUT2D eigenvalue weighted by Gasteiger charge is 2.60. The van der Waals surface area contributed by atoms with Crippen LogP contribution in [0.4, 0.5) is 0 Å². The van der Waals surface area contributed by atoms with Crippen LogP contribution in [0.5, 0.6) is 0 Å². The first kappa shape index (κ1) is 20.2. The largest absolute Gasteiger partial charge is 0.302 e. The summed E-state index contributed by atoms with van der Waals surface area (Å²) in [6.45, 7) is 6.63. The van der Waals surface area contributed by atoms with Crippen LogP contribution in [0.3, 0.4) is 0 Å². The molecule has 5 rings (SSSR count). The summed E-state index contributed by atoms with van der Waals surface area (Å²) in [6.07, 6.45) is 6.17. The molecule has 2 atom stereocenters. The number of pyridine rings is 1. The number of hydrogen-bond donors (Lipinski definition) is 0. The van der Waals surface area contributed by atoms with E-state index in [9.17, 15) is 0 Å². The minimum Gasteiger partial charge on any atom is -0.302 e. The smallest absolute Gasteiger partial charge is 0.191 e. The van der Waals surface area contributed by atoms with Gasteiger partial charge in [-0.15, -0.1) is 10.2 Å². The first-order valence-corrected chi connectivity index (χ1v) is 12.4. The second kappa shape index (κ2) is 8.44. The number of halogens is 1. The minimum absolute atomic E-state index is 0.425. The Balaban J connectivity index is 1.14. The van der Waals surface area contributed by atoms with Crippen LogP contribution >= 0.6 is 27.7 Å². The highest BCUT2D eigenvalue weighted by Crippen LogP contribution is 2.59. The Labute approximate surface area is 190 Å². The van der Waals surface area contributed by atoms with Gasteiger partial charge in [-0.2, -0.15) is 0 Å². The first-order valence-electron chi connectivity index (χ1n) is 10.6. The summed E-state index contributed by atoms with van der Waals surface area (Å²) in [5.74, 6) is 2.82. The summed E-state index contributed by atoms with van der Waals surface area (Å²) in [7, 11) is 0. The topological polar surface area (TPSA) is 46.8 Å². The van der Waals surface area contributed by atoms with Crippen molar-refractivity contribution in [3.05, 3.63) is 58.8 Å². The Morgan fingerprint density at radius 1 is 1.20 bits per heavy atom. The minimum atomic E-state index is 0.425. The SMILES string of the molecule is CCn1c(SCCCN2C[C@@H]3C[C@]3(c3ccc(Br)cc3)C2)nnc1-c1cccnc1. The lowest BCUT2D eigenvalue weighted by Crippen LogP contribution is -2.27. The number of fused-ring (bicyclic) bond motifs is 1. The Kier molecular flexibility index (Phi) is 5.69. The van der Waals surface area contributed by atoms with E-state index in [-0.39, 0.29) is 0 Å². The summed E-state index contributed by atoms with van der Waals surface area (Å²) in [5.41, 5.74) is 2.97. The van der Waals surface area contributed by atoms with Crippen molar-refractivity contribution in [2.75, 3.05) is 25.4 Å². The Morgan fingerprint density at radius 2 is 2.07 bits per heavy atom. The zero-order valence-electron chi connectivity index (χ0n) is 17.2. The van der Waals surface area contributed by atoms with Crippen LogP contribution in [-0.4, -0.2) is 50.0 Å². The molecule has 0 amide bonds. The van der Waals surface area contributed by atoms with E-state index in [0.29, 0.717) is 5.41 Å². The molecule has 2 aliphatic rings. The molecular formula is C23H26BrN5S. The predicted molar refractivity (Wildman–Crippen MR) is 125 cm³/mol. The van der Waals surface area contributed by atoms with E-state index in [1.54, 1.807) is 6.20 Å². The third-order valence-corrected chi connectivity index (χ3v) is 8.02. The molecule has 0 bridgehead atoms. The number of piperidine rings is 1. The van der Waals surface area contributed by atoms with Crippen molar-refractivity contribution in [2.45, 2.75) is 36.9 Å². The second-order valence-electron chi connectivity index (χ2n) is 8.29. The van der Waals surface area contributed by atoms with Gasteiger partial charge in [-0.05, 0) is 62.1 Å². The number of nitrogens with zero attached hydrogens (tertiary/aromatic N) is 5. The van der Waals surface area contributed by atoms with Crippen molar-refractivity contribution in [3.8, 4) is 11.4 Å². The molecule has 3 heterocycles. The third kappa shape index (κ3) is 3.83. The molecule has 1 saturated heterocycles. The van der Waals surface area contributed by atoms with E-state index >= 15 is 0 Å². The number of benzene rings is 1. The van der Waals surface area contributed by atoms with E-state index in [4.69, 9.17) is 0 Å². The lowest BCUT2D eigenvalue weighted by Gasteiger charge is -2.21. The Hall–Kier alpha value is -1.70. The maximum Gasteiger partial charge on any atom is 0.191 e. The number of rotatable bonds is 8. The quantitative estimate of drug-likeness (QED) is 0.337. The fraction of sp³-hybridized carbons (Fsp3) is 0.435. The van der Waals surface area contributed by atoms with Gasteiger partial charge in [-0.1, -0.05) is 39.8 Å². The Bertz CT molecular complexity index is 1010. The zero-order valence-corrected chi connectivity index (χ0v) is 19.6. The van der Waals surface area contributed by atoms with Crippen LogP contribution in [0.2, 0.25) is 0 Å². The van der Waals surface area contributed by atoms with Gasteiger partial charge in [0.2, 0.25) is 0 Å². The van der Waals surface area contributed by atoms with Crippen molar-refractivity contribution in [1.29, 1.82) is 0 Å². The molecule has 2 fully saturated rings. The third-order valence-electron chi connectivity index (χ3n) is 6.44. The standard InChI is InChI=1S/C23H26BrN5S/c1-2-29-21(17-5-3-10-25-14-17)26-27-22(29)30-12-4-11-28-15-19-13-23(19,16-28)18-6-8-20(24)9-7-18/h3,5-10,14,19H,2,4,11-13,15-16H2,1H3/t19-,23+/m0/s1. The molecule has 1 aliphatic heterocycles. The van der Waals surface area contributed by atoms with Crippen LogP contribution in [0.1, 0.15) is 25.3 Å². The van der Waals surface area contributed by atoms with Gasteiger partial charge < -0.3 is 9.47 Å². The molecule has 0 N–H and O–H groups in total. The number of thioether (sulfide) groups is 1. The second-order valence-corrected chi connectivity index (χ2v) is 10.3. The monoisotopic (exact) mass is 483 g/mol. The van der Waals surface area contributed by atoms with Crippen molar-refractivity contribution in [3.63, 3.8) is 0 Å². The maximum atomic E-state index is 4.44. The van der Waals surface area contributed by atoms with Gasteiger partial charge in [0.25, 0.3) is 0 Å². The van der Waals surface area contributed by atoms with E-state index in [1.807, 2.05) is 30.1 Å². The van der Waals surface area contributed by atoms with E-state index < -0.39 is 0 Å². The first-order chi connectivity index (χ1) is 14.7. The Morgan fingerprint density at radius 3 is 2.83 bits per heavy atom. The number of likely N-dealkylation sites (tertiary alicyclic amines) is 1. The molecule has 156 valence electrons. The molecule has 7 heteroatoms. The van der Waals surface area contributed by atoms with Crippen LogP contribution in [0, 0.1) is 5.92 Å². The molecule has 5 nitrogen and oxygen atoms in total. The molecule has 0 unspecified atom stereocenters. The average Bonchev–Trinajstić information content (AvgIpc) is 3.14. The summed E-state index contributed by atoms with van der Waals surface area (Å²) >= 11 is 5.37. The van der Waals surface area contributed by atoms with Crippen molar-refractivity contribution in [1.82, 2.24) is 24.6 Å². The van der Waals surface area contributed by atoms with Gasteiger partial charge in [0.05, 0.1) is 0 Å². The maximum absolute atomic E-state index is 4.44. The summed E-state index contributed by atoms with van der Waals surface area (Å²) in [4.78, 5) is 6.87. The van der Waals surface area contributed by atoms with E-state index in [1.165, 1.54) is 36.0 Å². The lowest BCUT2D eigenvalue weighted by atomic mass is 9.95. The van der Waals surface area contributed by atoms with Gasteiger partial charge >= 0.3 is 0 Å². The molecule has 1 aliphatic carbocycles. The van der Waals surface area contributed by atoms with Crippen molar-refractivity contribution in [2.24, 2.45) is 5.92 Å². The van der Waals surface area contributed by atoms with E-state index in [2.05, 4.69) is 71.8 Å². The van der Waals surface area contributed by atoms with Gasteiger partial charge in [-0.25, -0.2) is 0 Å². The number of aromatic nitrogens is 4. The average molecular weight is 484 g/mol. The molecule has 0 spiro atoms. The molecule has 1 aromatic carbocycles. The lowest BCUT2D eigenvalue weighted by molar-refractivity contribution is 0.299. The normalized spacial score (nSPS) is 22.9. The van der Waals surface area contributed by atoms with Gasteiger partial charge in [0, 0.05) is 53.2 Å². The fourth-order valence-electron chi connectivity index (χ4n) is 4.83. The molecule has 3 aromatic rings. The van der Waals surface area contributed by atoms with Gasteiger partial charge in [0.15, 0.2) is 11.0 Å². The molecule has 2 aromatic heterocycles. The van der Waals surface area contributed by atoms with Crippen molar-refractivity contribution < 1.29 is 0 Å². The molecule has 0 radical (unpaired) electrons. The highest BCUT2D eigenvalue weighted by atomic mass is 79.9. The van der Waals surface area contributed by atoms with E-state index in [0.717, 1.165) is 41.3 Å². The summed E-state index contributed by atoms with van der Waals surface area (Å²) in [6, 6.07) is 13.0. The number of hydrogen-bond acceptors (Lipinski definition) is 5. The molecule has 30 heavy (non-hydrogen) atoms. The van der Waals surface area contributed by atoms with Crippen LogP contribution in [0.25, 0.3) is 11.4 Å². The van der Waals surface area contributed by atoms with Gasteiger partial charge in [0.1, 0.15) is 0 Å². The molecule has 1 saturated carbocycles. The molecular weight excluding hydrogens is 458 g/mol. The van der Waals surface area contributed by atoms with Crippen LogP contribution in [0.15, 0.2) is 58.4 Å². The summed E-state index contributed by atoms with van der Waals surface area (Å²) in [5, 5.41) is 9.86. The van der Waals surface area contributed by atoms with Crippen molar-refractivity contribution >= 4 is 27.7 Å².